The van der Waals surface area contributed by atoms with Gasteiger partial charge in [0.05, 0.1) is 0 Å². The van der Waals surface area contributed by atoms with Crippen molar-refractivity contribution in [3.63, 3.8) is 0 Å². The zero-order valence-electron chi connectivity index (χ0n) is 10.3. The number of piperazine rings is 1. The fourth-order valence-electron chi connectivity index (χ4n) is 2.23. The summed E-state index contributed by atoms with van der Waals surface area (Å²) >= 11 is 0. The summed E-state index contributed by atoms with van der Waals surface area (Å²) in [7, 11) is 4.28. The molecule has 0 saturated carbocycles. The van der Waals surface area contributed by atoms with Crippen molar-refractivity contribution < 1.29 is 0 Å². The van der Waals surface area contributed by atoms with Crippen molar-refractivity contribution in [1.29, 1.82) is 0 Å². The highest BCUT2D eigenvalue weighted by Crippen LogP contribution is 2.19. The van der Waals surface area contributed by atoms with Gasteiger partial charge in [0.1, 0.15) is 0 Å². The van der Waals surface area contributed by atoms with Crippen molar-refractivity contribution in [2.75, 3.05) is 40.3 Å². The molecule has 0 aromatic heterocycles. The van der Waals surface area contributed by atoms with Crippen LogP contribution in [-0.4, -0.2) is 61.7 Å². The molecule has 1 aliphatic rings. The molecule has 0 radical (unpaired) electrons. The van der Waals surface area contributed by atoms with Gasteiger partial charge in [-0.2, -0.15) is 0 Å². The Hall–Kier alpha value is -0.120. The molecule has 14 heavy (non-hydrogen) atoms. The Labute approximate surface area is 88.5 Å². The van der Waals surface area contributed by atoms with Gasteiger partial charge in [-0.1, -0.05) is 0 Å². The maximum atomic E-state index is 3.49. The lowest BCUT2D eigenvalue weighted by Gasteiger charge is -2.47. The van der Waals surface area contributed by atoms with Crippen molar-refractivity contribution in [2.45, 2.75) is 32.4 Å². The third-order valence-corrected chi connectivity index (χ3v) is 3.10. The van der Waals surface area contributed by atoms with Gasteiger partial charge in [0.15, 0.2) is 0 Å². The molecule has 0 amide bonds. The van der Waals surface area contributed by atoms with Crippen LogP contribution in [0, 0.1) is 0 Å². The molecule has 1 unspecified atom stereocenters. The van der Waals surface area contributed by atoms with Gasteiger partial charge >= 0.3 is 0 Å². The van der Waals surface area contributed by atoms with Gasteiger partial charge in [-0.25, -0.2) is 0 Å². The fraction of sp³-hybridized carbons (Fsp3) is 1.00. The molecular formula is C11H25N3. The third kappa shape index (κ3) is 2.94. The normalized spacial score (nSPS) is 28.3. The van der Waals surface area contributed by atoms with E-state index in [1.165, 1.54) is 6.54 Å². The van der Waals surface area contributed by atoms with Crippen LogP contribution in [0.1, 0.15) is 20.8 Å². The van der Waals surface area contributed by atoms with Gasteiger partial charge in [-0.3, -0.25) is 4.90 Å². The number of likely N-dealkylation sites (N-methyl/N-ethyl adjacent to an activating group) is 1. The van der Waals surface area contributed by atoms with Crippen molar-refractivity contribution >= 4 is 0 Å². The molecule has 1 atom stereocenters. The van der Waals surface area contributed by atoms with Gasteiger partial charge in [0.25, 0.3) is 0 Å². The highest BCUT2D eigenvalue weighted by Gasteiger charge is 2.33. The number of rotatable bonds is 3. The molecule has 1 rings (SSSR count). The molecule has 3 nitrogen and oxygen atoms in total. The summed E-state index contributed by atoms with van der Waals surface area (Å²) in [5.41, 5.74) is 0.299. The lowest BCUT2D eigenvalue weighted by molar-refractivity contribution is 0.0399. The number of nitrogens with zero attached hydrogens (tertiary/aromatic N) is 2. The van der Waals surface area contributed by atoms with E-state index in [9.17, 15) is 0 Å². The maximum Gasteiger partial charge on any atom is 0.0281 e. The van der Waals surface area contributed by atoms with Crippen LogP contribution in [0.15, 0.2) is 0 Å². The molecule has 1 fully saturated rings. The summed E-state index contributed by atoms with van der Waals surface area (Å²) < 4.78 is 0. The van der Waals surface area contributed by atoms with Gasteiger partial charge in [-0.15, -0.1) is 0 Å². The van der Waals surface area contributed by atoms with E-state index in [0.717, 1.165) is 19.6 Å². The topological polar surface area (TPSA) is 18.5 Å². The van der Waals surface area contributed by atoms with E-state index < -0.39 is 0 Å². The smallest absolute Gasteiger partial charge is 0.0281 e. The first kappa shape index (κ1) is 12.0. The summed E-state index contributed by atoms with van der Waals surface area (Å²) in [5.74, 6) is 0. The first-order chi connectivity index (χ1) is 6.43. The van der Waals surface area contributed by atoms with Crippen LogP contribution in [0.25, 0.3) is 0 Å². The Morgan fingerprint density at radius 2 is 2.07 bits per heavy atom. The van der Waals surface area contributed by atoms with Crippen LogP contribution in [0.4, 0.5) is 0 Å². The van der Waals surface area contributed by atoms with Gasteiger partial charge in [0.2, 0.25) is 0 Å². The molecule has 1 heterocycles. The molecule has 0 spiro atoms. The number of nitrogens with one attached hydrogen (secondary N) is 1. The van der Waals surface area contributed by atoms with Crippen LogP contribution < -0.4 is 5.32 Å². The Kier molecular flexibility index (Phi) is 3.93. The highest BCUT2D eigenvalue weighted by atomic mass is 15.3. The van der Waals surface area contributed by atoms with Gasteiger partial charge in [0, 0.05) is 37.8 Å². The van der Waals surface area contributed by atoms with Gasteiger partial charge in [-0.05, 0) is 34.9 Å². The van der Waals surface area contributed by atoms with Crippen molar-refractivity contribution in [3.8, 4) is 0 Å². The summed E-state index contributed by atoms with van der Waals surface area (Å²) in [6.07, 6.45) is 0. The monoisotopic (exact) mass is 199 g/mol. The Morgan fingerprint density at radius 3 is 2.57 bits per heavy atom. The third-order valence-electron chi connectivity index (χ3n) is 3.10. The molecule has 0 aromatic rings. The van der Waals surface area contributed by atoms with Crippen LogP contribution in [0.2, 0.25) is 0 Å². The van der Waals surface area contributed by atoms with Crippen molar-refractivity contribution in [1.82, 2.24) is 15.1 Å². The second-order valence-corrected chi connectivity index (χ2v) is 5.29. The van der Waals surface area contributed by atoms with E-state index >= 15 is 0 Å². The largest absolute Gasteiger partial charge is 0.313 e. The molecule has 84 valence electrons. The SMILES string of the molecule is CC1CNCC(C)(C)N1CCN(C)C. The Bertz CT molecular complexity index is 177. The quantitative estimate of drug-likeness (QED) is 0.719. The summed E-state index contributed by atoms with van der Waals surface area (Å²) in [6, 6.07) is 0.652. The van der Waals surface area contributed by atoms with Crippen LogP contribution in [-0.2, 0) is 0 Å². The average Bonchev–Trinajstić information content (AvgIpc) is 2.01. The summed E-state index contributed by atoms with van der Waals surface area (Å²) in [5, 5.41) is 3.49. The van der Waals surface area contributed by atoms with Crippen LogP contribution >= 0.6 is 0 Å². The predicted octanol–water partition coefficient (Wildman–Crippen LogP) is 0.620. The van der Waals surface area contributed by atoms with E-state index in [-0.39, 0.29) is 0 Å². The molecule has 0 bridgehead atoms. The minimum Gasteiger partial charge on any atom is -0.313 e. The van der Waals surface area contributed by atoms with E-state index in [0.29, 0.717) is 11.6 Å². The minimum absolute atomic E-state index is 0.299. The summed E-state index contributed by atoms with van der Waals surface area (Å²) in [4.78, 5) is 4.87. The maximum absolute atomic E-state index is 3.49. The molecule has 1 aliphatic heterocycles. The van der Waals surface area contributed by atoms with Crippen molar-refractivity contribution in [3.05, 3.63) is 0 Å². The van der Waals surface area contributed by atoms with E-state index in [4.69, 9.17) is 0 Å². The number of hydrogen-bond acceptors (Lipinski definition) is 3. The first-order valence-electron chi connectivity index (χ1n) is 5.55. The van der Waals surface area contributed by atoms with Gasteiger partial charge < -0.3 is 10.2 Å². The highest BCUT2D eigenvalue weighted by molar-refractivity contribution is 4.92. The van der Waals surface area contributed by atoms with E-state index in [1.54, 1.807) is 0 Å². The fourth-order valence-corrected chi connectivity index (χ4v) is 2.23. The molecule has 1 N–H and O–H groups in total. The second-order valence-electron chi connectivity index (χ2n) is 5.29. The Morgan fingerprint density at radius 1 is 1.43 bits per heavy atom. The second kappa shape index (κ2) is 4.60. The molecule has 0 aromatic carbocycles. The minimum atomic E-state index is 0.299. The summed E-state index contributed by atoms with van der Waals surface area (Å²) in [6.45, 7) is 11.5. The average molecular weight is 199 g/mol. The molecular weight excluding hydrogens is 174 g/mol. The van der Waals surface area contributed by atoms with E-state index in [1.807, 2.05) is 0 Å². The van der Waals surface area contributed by atoms with E-state index in [2.05, 4.69) is 50.0 Å². The predicted molar refractivity (Wildman–Crippen MR) is 61.7 cm³/mol. The molecule has 3 heteroatoms. The lowest BCUT2D eigenvalue weighted by atomic mass is 9.97. The molecule has 1 saturated heterocycles. The van der Waals surface area contributed by atoms with Crippen LogP contribution in [0.5, 0.6) is 0 Å². The van der Waals surface area contributed by atoms with Crippen LogP contribution in [0.3, 0.4) is 0 Å². The Balaban J connectivity index is 2.52. The number of hydrogen-bond donors (Lipinski definition) is 1. The lowest BCUT2D eigenvalue weighted by Crippen LogP contribution is -2.62. The standard InChI is InChI=1S/C11H25N3/c1-10-8-12-9-11(2,3)14(10)7-6-13(4)5/h10,12H,6-9H2,1-5H3. The first-order valence-corrected chi connectivity index (χ1v) is 5.55. The zero-order valence-corrected chi connectivity index (χ0v) is 10.3. The molecule has 0 aliphatic carbocycles. The zero-order chi connectivity index (χ0) is 10.8. The van der Waals surface area contributed by atoms with Crippen molar-refractivity contribution in [2.24, 2.45) is 0 Å².